The fourth-order valence-electron chi connectivity index (χ4n) is 5.37. The largest absolute Gasteiger partial charge is 0.490 e. The maximum Gasteiger partial charge on any atom is 0.239 e. The van der Waals surface area contributed by atoms with Gasteiger partial charge in [0, 0.05) is 45.2 Å². The Kier molecular flexibility index (Phi) is 6.83. The molecule has 0 N–H and O–H groups in total. The van der Waals surface area contributed by atoms with Crippen molar-refractivity contribution >= 4 is 5.91 Å². The van der Waals surface area contributed by atoms with E-state index in [4.69, 9.17) is 9.47 Å². The average Bonchev–Trinajstić information content (AvgIpc) is 3.23. The third-order valence-electron chi connectivity index (χ3n) is 7.24. The summed E-state index contributed by atoms with van der Waals surface area (Å²) in [6.45, 7) is 8.85. The molecule has 2 atom stereocenters. The summed E-state index contributed by atoms with van der Waals surface area (Å²) in [5.41, 5.74) is 2.56. The molecule has 0 radical (unpaired) electrons. The van der Waals surface area contributed by atoms with Crippen LogP contribution in [-0.4, -0.2) is 72.6 Å². The summed E-state index contributed by atoms with van der Waals surface area (Å²) in [5, 5.41) is 0. The van der Waals surface area contributed by atoms with Gasteiger partial charge in [0.05, 0.1) is 19.3 Å². The molecule has 1 amide bonds. The number of nitrogens with zero attached hydrogens (tertiary/aromatic N) is 3. The van der Waals surface area contributed by atoms with E-state index in [0.29, 0.717) is 13.2 Å². The van der Waals surface area contributed by atoms with Gasteiger partial charge in [0.15, 0.2) is 11.5 Å². The summed E-state index contributed by atoms with van der Waals surface area (Å²) in [7, 11) is 0. The van der Waals surface area contributed by atoms with Gasteiger partial charge in [-0.15, -0.1) is 0 Å². The number of hydrogen-bond acceptors (Lipinski definition) is 5. The van der Waals surface area contributed by atoms with Crippen LogP contribution in [0, 0.1) is 0 Å². The van der Waals surface area contributed by atoms with Crippen LogP contribution >= 0.6 is 0 Å². The number of benzene rings is 2. The van der Waals surface area contributed by atoms with Crippen molar-refractivity contribution in [1.29, 1.82) is 0 Å². The predicted octanol–water partition coefficient (Wildman–Crippen LogP) is 3.72. The van der Waals surface area contributed by atoms with Gasteiger partial charge in [0.25, 0.3) is 0 Å². The van der Waals surface area contributed by atoms with Crippen molar-refractivity contribution in [3.05, 3.63) is 59.7 Å². The van der Waals surface area contributed by atoms with Crippen LogP contribution in [0.2, 0.25) is 0 Å². The maximum absolute atomic E-state index is 13.4. The van der Waals surface area contributed by atoms with E-state index in [-0.39, 0.29) is 18.0 Å². The van der Waals surface area contributed by atoms with Gasteiger partial charge < -0.3 is 14.4 Å². The van der Waals surface area contributed by atoms with E-state index >= 15 is 0 Å². The molecular weight excluding hydrogens is 414 g/mol. The lowest BCUT2D eigenvalue weighted by molar-refractivity contribution is -0.138. The van der Waals surface area contributed by atoms with E-state index in [0.717, 1.165) is 70.0 Å². The third kappa shape index (κ3) is 5.02. The lowest BCUT2D eigenvalue weighted by Gasteiger charge is -2.38. The van der Waals surface area contributed by atoms with Crippen LogP contribution in [0.4, 0.5) is 0 Å². The van der Waals surface area contributed by atoms with E-state index in [1.807, 2.05) is 6.07 Å². The highest BCUT2D eigenvalue weighted by Gasteiger charge is 2.36. The molecule has 176 valence electrons. The topological polar surface area (TPSA) is 45.3 Å². The van der Waals surface area contributed by atoms with E-state index in [1.54, 1.807) is 0 Å². The van der Waals surface area contributed by atoms with Crippen LogP contribution < -0.4 is 9.47 Å². The van der Waals surface area contributed by atoms with Gasteiger partial charge in [-0.25, -0.2) is 0 Å². The molecule has 2 aromatic carbocycles. The molecule has 2 aromatic rings. The molecule has 3 aliphatic heterocycles. The minimum absolute atomic E-state index is 0.117. The number of rotatable bonds is 5. The highest BCUT2D eigenvalue weighted by Crippen LogP contribution is 2.39. The van der Waals surface area contributed by atoms with Crippen LogP contribution in [0.3, 0.4) is 0 Å². The predicted molar refractivity (Wildman–Crippen MR) is 128 cm³/mol. The van der Waals surface area contributed by atoms with Crippen molar-refractivity contribution in [1.82, 2.24) is 14.7 Å². The summed E-state index contributed by atoms with van der Waals surface area (Å²) in [5.74, 6) is 1.93. The van der Waals surface area contributed by atoms with Crippen LogP contribution in [0.5, 0.6) is 11.5 Å². The summed E-state index contributed by atoms with van der Waals surface area (Å²) in [6, 6.07) is 17.0. The highest BCUT2D eigenvalue weighted by molar-refractivity contribution is 5.81. The zero-order valence-electron chi connectivity index (χ0n) is 19.6. The first-order valence-electron chi connectivity index (χ1n) is 12.4. The number of ether oxygens (including phenoxy) is 2. The second-order valence-corrected chi connectivity index (χ2v) is 9.42. The average molecular weight is 450 g/mol. The maximum atomic E-state index is 13.4. The normalized spacial score (nSPS) is 22.7. The Morgan fingerprint density at radius 3 is 2.48 bits per heavy atom. The van der Waals surface area contributed by atoms with Crippen LogP contribution in [0.15, 0.2) is 48.5 Å². The Labute approximate surface area is 197 Å². The summed E-state index contributed by atoms with van der Waals surface area (Å²) in [4.78, 5) is 20.3. The number of piperazine rings is 1. The van der Waals surface area contributed by atoms with Crippen LogP contribution in [0.1, 0.15) is 43.4 Å². The molecule has 3 heterocycles. The zero-order chi connectivity index (χ0) is 22.6. The molecule has 0 aliphatic carbocycles. The first-order valence-corrected chi connectivity index (χ1v) is 12.4. The molecule has 3 aliphatic rings. The van der Waals surface area contributed by atoms with Crippen molar-refractivity contribution in [2.24, 2.45) is 0 Å². The highest BCUT2D eigenvalue weighted by atomic mass is 16.5. The first-order chi connectivity index (χ1) is 16.2. The Morgan fingerprint density at radius 2 is 1.70 bits per heavy atom. The minimum atomic E-state index is -0.117. The third-order valence-corrected chi connectivity index (χ3v) is 7.24. The molecule has 0 bridgehead atoms. The number of hydrogen-bond donors (Lipinski definition) is 0. The molecule has 0 unspecified atom stereocenters. The molecule has 33 heavy (non-hydrogen) atoms. The van der Waals surface area contributed by atoms with E-state index in [9.17, 15) is 4.79 Å². The molecule has 0 spiro atoms. The smallest absolute Gasteiger partial charge is 0.239 e. The Hall–Kier alpha value is -2.57. The monoisotopic (exact) mass is 449 g/mol. The molecule has 2 fully saturated rings. The number of likely N-dealkylation sites (tertiary alicyclic amines) is 1. The van der Waals surface area contributed by atoms with Gasteiger partial charge in [-0.1, -0.05) is 36.4 Å². The van der Waals surface area contributed by atoms with Gasteiger partial charge in [-0.05, 0) is 49.6 Å². The number of carbonyl (C=O) groups is 1. The number of carbonyl (C=O) groups excluding carboxylic acids is 1. The quantitative estimate of drug-likeness (QED) is 0.696. The van der Waals surface area contributed by atoms with Gasteiger partial charge in [-0.2, -0.15) is 0 Å². The first kappa shape index (κ1) is 22.2. The second kappa shape index (κ2) is 10.1. The molecule has 6 heteroatoms. The van der Waals surface area contributed by atoms with Crippen LogP contribution in [-0.2, 0) is 11.3 Å². The van der Waals surface area contributed by atoms with E-state index < -0.39 is 0 Å². The summed E-state index contributed by atoms with van der Waals surface area (Å²) in [6.07, 6.45) is 3.09. The Bertz CT molecular complexity index is 943. The second-order valence-electron chi connectivity index (χ2n) is 9.42. The number of fused-ring (bicyclic) bond motifs is 1. The fraction of sp³-hybridized carbons (Fsp3) is 0.519. The van der Waals surface area contributed by atoms with Crippen LogP contribution in [0.25, 0.3) is 0 Å². The molecule has 2 saturated heterocycles. The van der Waals surface area contributed by atoms with Crippen molar-refractivity contribution < 1.29 is 14.3 Å². The SMILES string of the molecule is C[C@@H](C(=O)N1CCN(Cc2ccccc2)CC1)N1CCC[C@H]1c1ccc2c(c1)OCCCO2. The van der Waals surface area contributed by atoms with Crippen molar-refractivity contribution in [2.45, 2.75) is 44.8 Å². The van der Waals surface area contributed by atoms with Gasteiger partial charge in [0.1, 0.15) is 0 Å². The Morgan fingerprint density at radius 1 is 0.939 bits per heavy atom. The van der Waals surface area contributed by atoms with Gasteiger partial charge in [-0.3, -0.25) is 14.6 Å². The van der Waals surface area contributed by atoms with Crippen molar-refractivity contribution in [3.63, 3.8) is 0 Å². The zero-order valence-corrected chi connectivity index (χ0v) is 19.6. The van der Waals surface area contributed by atoms with E-state index in [1.165, 1.54) is 11.1 Å². The fourth-order valence-corrected chi connectivity index (χ4v) is 5.37. The van der Waals surface area contributed by atoms with Gasteiger partial charge in [0.2, 0.25) is 5.91 Å². The lowest BCUT2D eigenvalue weighted by atomic mass is 10.0. The standard InChI is InChI=1S/C27H35N3O3/c1-21(27(31)29-15-13-28(14-16-29)20-22-7-3-2-4-8-22)30-12-5-9-24(30)23-10-11-25-26(19-23)33-18-6-17-32-25/h2-4,7-8,10-11,19,21,24H,5-6,9,12-18,20H2,1H3/t21-,24-/m0/s1. The Balaban J connectivity index is 1.20. The summed E-state index contributed by atoms with van der Waals surface area (Å²) >= 11 is 0. The van der Waals surface area contributed by atoms with Crippen molar-refractivity contribution in [3.8, 4) is 11.5 Å². The summed E-state index contributed by atoms with van der Waals surface area (Å²) < 4.78 is 11.7. The van der Waals surface area contributed by atoms with Gasteiger partial charge >= 0.3 is 0 Å². The lowest BCUT2D eigenvalue weighted by Crippen LogP contribution is -2.53. The van der Waals surface area contributed by atoms with E-state index in [2.05, 4.69) is 64.1 Å². The molecular formula is C27H35N3O3. The molecule has 5 rings (SSSR count). The molecule has 6 nitrogen and oxygen atoms in total. The van der Waals surface area contributed by atoms with Crippen molar-refractivity contribution in [2.75, 3.05) is 45.9 Å². The molecule has 0 saturated carbocycles. The molecule has 0 aromatic heterocycles. The minimum Gasteiger partial charge on any atom is -0.490 e. The number of amides is 1.